The third-order valence-electron chi connectivity index (χ3n) is 2.17. The van der Waals surface area contributed by atoms with Gasteiger partial charge in [0.15, 0.2) is 0 Å². The molecule has 12 heavy (non-hydrogen) atoms. The summed E-state index contributed by atoms with van der Waals surface area (Å²) in [5, 5.41) is 0. The van der Waals surface area contributed by atoms with Gasteiger partial charge in [0.25, 0.3) is 0 Å². The van der Waals surface area contributed by atoms with Crippen LogP contribution in [0.2, 0.25) is 0 Å². The maximum atomic E-state index is 10.9. The Morgan fingerprint density at radius 2 is 2.33 bits per heavy atom. The highest BCUT2D eigenvalue weighted by Crippen LogP contribution is 2.30. The number of nitrogens with zero attached hydrogens (tertiary/aromatic N) is 1. The van der Waals surface area contributed by atoms with Gasteiger partial charge in [-0.25, -0.2) is 0 Å². The van der Waals surface area contributed by atoms with Gasteiger partial charge in [0.2, 0.25) is 5.43 Å². The molecule has 0 saturated heterocycles. The fraction of sp³-hybridized carbons (Fsp3) is 0.444. The van der Waals surface area contributed by atoms with E-state index in [1.165, 1.54) is 18.9 Å². The number of hydrogen-bond donors (Lipinski definition) is 1. The number of pyridine rings is 1. The maximum Gasteiger partial charge on any atom is 0.204 e. The number of anilines is 1. The molecule has 0 spiro atoms. The van der Waals surface area contributed by atoms with Crippen LogP contribution in [0, 0.1) is 5.92 Å². The highest BCUT2D eigenvalue weighted by atomic mass is 16.1. The zero-order valence-electron chi connectivity index (χ0n) is 6.86. The number of aromatic nitrogens is 1. The van der Waals surface area contributed by atoms with E-state index in [2.05, 4.69) is 0 Å². The number of nitrogens with two attached hydrogens (primary N) is 1. The topological polar surface area (TPSA) is 48.0 Å². The molecule has 3 heteroatoms. The third-order valence-corrected chi connectivity index (χ3v) is 2.17. The molecule has 0 aromatic carbocycles. The standard InChI is InChI=1S/C9H12N2O/c10-8-6-11(4-3-9(8)12)5-7-1-2-7/h3-4,6-7H,1-2,5,10H2. The molecule has 0 amide bonds. The first-order valence-corrected chi connectivity index (χ1v) is 4.21. The van der Waals surface area contributed by atoms with Crippen molar-refractivity contribution in [2.75, 3.05) is 5.73 Å². The lowest BCUT2D eigenvalue weighted by molar-refractivity contribution is 0.624. The summed E-state index contributed by atoms with van der Waals surface area (Å²) in [6.45, 7) is 1.00. The first kappa shape index (κ1) is 7.40. The zero-order chi connectivity index (χ0) is 8.55. The molecule has 3 nitrogen and oxygen atoms in total. The fourth-order valence-electron chi connectivity index (χ4n) is 1.26. The smallest absolute Gasteiger partial charge is 0.204 e. The minimum absolute atomic E-state index is 0.0814. The maximum absolute atomic E-state index is 10.9. The van der Waals surface area contributed by atoms with Crippen LogP contribution in [0.1, 0.15) is 12.8 Å². The average molecular weight is 164 g/mol. The summed E-state index contributed by atoms with van der Waals surface area (Å²) >= 11 is 0. The lowest BCUT2D eigenvalue weighted by Crippen LogP contribution is -2.11. The van der Waals surface area contributed by atoms with Gasteiger partial charge >= 0.3 is 0 Å². The second-order valence-electron chi connectivity index (χ2n) is 3.40. The van der Waals surface area contributed by atoms with E-state index in [0.717, 1.165) is 12.5 Å². The van der Waals surface area contributed by atoms with Crippen molar-refractivity contribution in [3.8, 4) is 0 Å². The Kier molecular flexibility index (Phi) is 1.64. The molecule has 0 aliphatic heterocycles. The third kappa shape index (κ3) is 1.49. The molecule has 1 aliphatic rings. The van der Waals surface area contributed by atoms with E-state index in [-0.39, 0.29) is 5.43 Å². The van der Waals surface area contributed by atoms with Crippen molar-refractivity contribution in [3.63, 3.8) is 0 Å². The van der Waals surface area contributed by atoms with Crippen LogP contribution < -0.4 is 11.2 Å². The quantitative estimate of drug-likeness (QED) is 0.704. The molecule has 1 aromatic heterocycles. The van der Waals surface area contributed by atoms with Crippen LogP contribution in [0.25, 0.3) is 0 Å². The lowest BCUT2D eigenvalue weighted by atomic mass is 10.3. The molecule has 1 fully saturated rings. The first-order valence-electron chi connectivity index (χ1n) is 4.21. The normalized spacial score (nSPS) is 16.3. The molecule has 0 radical (unpaired) electrons. The first-order chi connectivity index (χ1) is 5.75. The average Bonchev–Trinajstić information content (AvgIpc) is 2.81. The van der Waals surface area contributed by atoms with Crippen LogP contribution in [0.3, 0.4) is 0 Å². The van der Waals surface area contributed by atoms with Crippen LogP contribution in [0.5, 0.6) is 0 Å². The van der Waals surface area contributed by atoms with Crippen LogP contribution >= 0.6 is 0 Å². The highest BCUT2D eigenvalue weighted by Gasteiger charge is 2.21. The summed E-state index contributed by atoms with van der Waals surface area (Å²) in [5.41, 5.74) is 5.75. The largest absolute Gasteiger partial charge is 0.394 e. The summed E-state index contributed by atoms with van der Waals surface area (Å²) in [5.74, 6) is 0.812. The van der Waals surface area contributed by atoms with Crippen molar-refractivity contribution in [3.05, 3.63) is 28.7 Å². The second-order valence-corrected chi connectivity index (χ2v) is 3.40. The van der Waals surface area contributed by atoms with Crippen LogP contribution in [-0.4, -0.2) is 4.57 Å². The number of nitrogen functional groups attached to an aromatic ring is 1. The molecular weight excluding hydrogens is 152 g/mol. The summed E-state index contributed by atoms with van der Waals surface area (Å²) in [6, 6.07) is 1.53. The number of rotatable bonds is 2. The van der Waals surface area contributed by atoms with E-state index in [4.69, 9.17) is 5.73 Å². The van der Waals surface area contributed by atoms with E-state index in [0.29, 0.717) is 5.69 Å². The lowest BCUT2D eigenvalue weighted by Gasteiger charge is -2.04. The molecule has 1 aliphatic carbocycles. The van der Waals surface area contributed by atoms with Crippen molar-refractivity contribution in [1.82, 2.24) is 4.57 Å². The van der Waals surface area contributed by atoms with Crippen molar-refractivity contribution in [2.45, 2.75) is 19.4 Å². The molecule has 2 rings (SSSR count). The van der Waals surface area contributed by atoms with E-state index < -0.39 is 0 Å². The van der Waals surface area contributed by atoms with Gasteiger partial charge in [-0.2, -0.15) is 0 Å². The predicted molar refractivity (Wildman–Crippen MR) is 47.8 cm³/mol. The van der Waals surface area contributed by atoms with Gasteiger partial charge in [-0.1, -0.05) is 0 Å². The molecule has 0 bridgehead atoms. The number of hydrogen-bond acceptors (Lipinski definition) is 2. The van der Waals surface area contributed by atoms with E-state index >= 15 is 0 Å². The monoisotopic (exact) mass is 164 g/mol. The van der Waals surface area contributed by atoms with Gasteiger partial charge in [-0.15, -0.1) is 0 Å². The molecule has 1 aromatic rings. The fourth-order valence-corrected chi connectivity index (χ4v) is 1.26. The van der Waals surface area contributed by atoms with Crippen LogP contribution in [-0.2, 0) is 6.54 Å². The minimum atomic E-state index is -0.0814. The Balaban J connectivity index is 2.21. The Labute approximate surface area is 70.8 Å². The van der Waals surface area contributed by atoms with E-state index in [1.54, 1.807) is 12.4 Å². The van der Waals surface area contributed by atoms with Gasteiger partial charge in [-0.3, -0.25) is 4.79 Å². The molecule has 1 heterocycles. The van der Waals surface area contributed by atoms with Gasteiger partial charge in [0, 0.05) is 25.0 Å². The molecule has 64 valence electrons. The van der Waals surface area contributed by atoms with Crippen LogP contribution in [0.15, 0.2) is 23.3 Å². The van der Waals surface area contributed by atoms with Gasteiger partial charge < -0.3 is 10.3 Å². The van der Waals surface area contributed by atoms with Gasteiger partial charge in [-0.05, 0) is 18.8 Å². The zero-order valence-corrected chi connectivity index (χ0v) is 6.86. The summed E-state index contributed by atoms with van der Waals surface area (Å²) in [4.78, 5) is 10.9. The molecule has 0 unspecified atom stereocenters. The SMILES string of the molecule is Nc1cn(CC2CC2)ccc1=O. The molecule has 1 saturated carbocycles. The van der Waals surface area contributed by atoms with E-state index in [9.17, 15) is 4.79 Å². The Hall–Kier alpha value is -1.25. The minimum Gasteiger partial charge on any atom is -0.394 e. The Morgan fingerprint density at radius 1 is 1.58 bits per heavy atom. The summed E-state index contributed by atoms with van der Waals surface area (Å²) < 4.78 is 1.99. The van der Waals surface area contributed by atoms with Crippen molar-refractivity contribution < 1.29 is 0 Å². The summed E-state index contributed by atoms with van der Waals surface area (Å²) in [6.07, 6.45) is 6.15. The van der Waals surface area contributed by atoms with Gasteiger partial charge in [0.1, 0.15) is 0 Å². The van der Waals surface area contributed by atoms with Crippen molar-refractivity contribution in [2.24, 2.45) is 5.92 Å². The van der Waals surface area contributed by atoms with E-state index in [1.807, 2.05) is 4.57 Å². The Bertz CT molecular complexity index is 339. The Morgan fingerprint density at radius 3 is 2.92 bits per heavy atom. The highest BCUT2D eigenvalue weighted by molar-refractivity contribution is 5.33. The molecule has 0 atom stereocenters. The van der Waals surface area contributed by atoms with Crippen molar-refractivity contribution >= 4 is 5.69 Å². The van der Waals surface area contributed by atoms with Crippen molar-refractivity contribution in [1.29, 1.82) is 0 Å². The second kappa shape index (κ2) is 2.66. The molecule has 2 N–H and O–H groups in total. The van der Waals surface area contributed by atoms with Gasteiger partial charge in [0.05, 0.1) is 5.69 Å². The molecular formula is C9H12N2O. The predicted octanol–water partition coefficient (Wildman–Crippen LogP) is 0.841. The van der Waals surface area contributed by atoms with Crippen LogP contribution in [0.4, 0.5) is 5.69 Å². The summed E-state index contributed by atoms with van der Waals surface area (Å²) in [7, 11) is 0.